The minimum absolute atomic E-state index is 0.147. The molecule has 0 saturated carbocycles. The average Bonchev–Trinajstić information content (AvgIpc) is 3.08. The van der Waals surface area contributed by atoms with Crippen LogP contribution in [0.15, 0.2) is 71.8 Å². The van der Waals surface area contributed by atoms with Gasteiger partial charge in [0.05, 0.1) is 16.4 Å². The number of amides is 2. The number of benzene rings is 2. The van der Waals surface area contributed by atoms with Crippen LogP contribution in [0, 0.1) is 10.1 Å². The van der Waals surface area contributed by atoms with E-state index in [0.29, 0.717) is 21.9 Å². The Morgan fingerprint density at radius 1 is 1.09 bits per heavy atom. The summed E-state index contributed by atoms with van der Waals surface area (Å²) in [4.78, 5) is 52.6. The van der Waals surface area contributed by atoms with Crippen LogP contribution in [0.25, 0.3) is 6.08 Å². The van der Waals surface area contributed by atoms with Gasteiger partial charge in [0, 0.05) is 22.7 Å². The fourth-order valence-electron chi connectivity index (χ4n) is 2.95. The minimum Gasteiger partial charge on any atom is -0.439 e. The molecule has 2 aromatic carbocycles. The first kappa shape index (κ1) is 23.1. The Kier molecular flexibility index (Phi) is 6.71. The van der Waals surface area contributed by atoms with Crippen molar-refractivity contribution in [3.63, 3.8) is 0 Å². The van der Waals surface area contributed by atoms with Gasteiger partial charge in [-0.3, -0.25) is 29.4 Å². The van der Waals surface area contributed by atoms with Crippen molar-refractivity contribution < 1.29 is 24.0 Å². The Bertz CT molecular complexity index is 1310. The number of thioether (sulfide) groups is 1. The topological polar surface area (TPSA) is 120 Å². The maximum Gasteiger partial charge on any atom is 0.293 e. The lowest BCUT2D eigenvalue weighted by molar-refractivity contribution is -0.385. The van der Waals surface area contributed by atoms with Crippen molar-refractivity contribution in [1.29, 1.82) is 0 Å². The molecule has 2 amide bonds. The Balaban J connectivity index is 1.42. The Labute approximate surface area is 202 Å². The number of ketones is 1. The van der Waals surface area contributed by atoms with Gasteiger partial charge in [0.25, 0.3) is 16.8 Å². The maximum atomic E-state index is 12.7. The van der Waals surface area contributed by atoms with Crippen LogP contribution in [0.5, 0.6) is 11.6 Å². The van der Waals surface area contributed by atoms with Crippen LogP contribution < -0.4 is 4.74 Å². The molecule has 34 heavy (non-hydrogen) atoms. The summed E-state index contributed by atoms with van der Waals surface area (Å²) in [6, 6.07) is 15.5. The van der Waals surface area contributed by atoms with Crippen LogP contribution in [0.1, 0.15) is 15.9 Å². The summed E-state index contributed by atoms with van der Waals surface area (Å²) in [6.45, 7) is -0.362. The van der Waals surface area contributed by atoms with Gasteiger partial charge in [0.2, 0.25) is 5.88 Å². The van der Waals surface area contributed by atoms with E-state index < -0.39 is 16.1 Å². The second-order valence-corrected chi connectivity index (χ2v) is 8.41. The van der Waals surface area contributed by atoms with Crippen LogP contribution in [0.2, 0.25) is 5.02 Å². The van der Waals surface area contributed by atoms with Gasteiger partial charge in [-0.25, -0.2) is 4.98 Å². The van der Waals surface area contributed by atoms with E-state index in [2.05, 4.69) is 4.98 Å². The molecule has 1 aliphatic rings. The summed E-state index contributed by atoms with van der Waals surface area (Å²) in [5.74, 6) is -0.306. The fraction of sp³-hybridized carbons (Fsp3) is 0.0435. The molecule has 1 aliphatic heterocycles. The molecule has 0 N–H and O–H groups in total. The van der Waals surface area contributed by atoms with Gasteiger partial charge in [0.1, 0.15) is 11.9 Å². The highest BCUT2D eigenvalue weighted by Crippen LogP contribution is 2.33. The summed E-state index contributed by atoms with van der Waals surface area (Å²) in [6.07, 6.45) is 2.64. The molecule has 170 valence electrons. The summed E-state index contributed by atoms with van der Waals surface area (Å²) in [5, 5.41) is 10.6. The molecule has 1 aromatic heterocycles. The monoisotopic (exact) mass is 495 g/mol. The molecule has 0 aliphatic carbocycles. The molecule has 3 aromatic rings. The highest BCUT2D eigenvalue weighted by molar-refractivity contribution is 8.18. The average molecular weight is 496 g/mol. The number of pyridine rings is 1. The predicted molar refractivity (Wildman–Crippen MR) is 126 cm³/mol. The quantitative estimate of drug-likeness (QED) is 0.186. The lowest BCUT2D eigenvalue weighted by Crippen LogP contribution is -2.33. The fourth-order valence-corrected chi connectivity index (χ4v) is 3.92. The van der Waals surface area contributed by atoms with Crippen LogP contribution in [-0.2, 0) is 4.79 Å². The summed E-state index contributed by atoms with van der Waals surface area (Å²) < 4.78 is 5.55. The first-order valence-electron chi connectivity index (χ1n) is 9.72. The standard InChI is InChI=1S/C23H14ClN3O6S/c24-16-5-3-15(4-6-16)19(28)13-26-22(29)20(34-23(26)30)11-14-1-8-18(9-2-14)33-21-10-7-17(12-25-21)27(31)32/h1-12H,13H2/b20-11-. The van der Waals surface area contributed by atoms with Crippen molar-refractivity contribution in [2.75, 3.05) is 6.54 Å². The summed E-state index contributed by atoms with van der Waals surface area (Å²) in [5.41, 5.74) is 0.843. The number of hydrogen-bond donors (Lipinski definition) is 0. The van der Waals surface area contributed by atoms with Gasteiger partial charge in [-0.2, -0.15) is 0 Å². The number of imide groups is 1. The molecule has 0 unspecified atom stereocenters. The van der Waals surface area contributed by atoms with Crippen LogP contribution in [0.3, 0.4) is 0 Å². The Morgan fingerprint density at radius 2 is 1.79 bits per heavy atom. The lowest BCUT2D eigenvalue weighted by Gasteiger charge is -2.11. The first-order valence-corrected chi connectivity index (χ1v) is 10.9. The van der Waals surface area contributed by atoms with E-state index >= 15 is 0 Å². The second kappa shape index (κ2) is 9.86. The number of carbonyl (C=O) groups excluding carboxylic acids is 3. The highest BCUT2D eigenvalue weighted by atomic mass is 35.5. The number of rotatable bonds is 7. The third-order valence-corrected chi connectivity index (χ3v) is 5.83. The normalized spacial score (nSPS) is 14.5. The van der Waals surface area contributed by atoms with Gasteiger partial charge >= 0.3 is 0 Å². The number of nitro groups is 1. The number of nitrogens with zero attached hydrogens (tertiary/aromatic N) is 3. The summed E-state index contributed by atoms with van der Waals surface area (Å²) >= 11 is 6.58. The summed E-state index contributed by atoms with van der Waals surface area (Å²) in [7, 11) is 0. The van der Waals surface area contributed by atoms with E-state index in [9.17, 15) is 24.5 Å². The molecular formula is C23H14ClN3O6S. The minimum atomic E-state index is -0.555. The van der Waals surface area contributed by atoms with Gasteiger partial charge in [0.15, 0.2) is 5.78 Å². The van der Waals surface area contributed by atoms with Crippen molar-refractivity contribution >= 4 is 52.1 Å². The second-order valence-electron chi connectivity index (χ2n) is 6.98. The zero-order valence-corrected chi connectivity index (χ0v) is 18.8. The zero-order valence-electron chi connectivity index (χ0n) is 17.2. The van der Waals surface area contributed by atoms with Crippen molar-refractivity contribution in [1.82, 2.24) is 9.88 Å². The van der Waals surface area contributed by atoms with Crippen molar-refractivity contribution in [3.05, 3.63) is 98.0 Å². The number of halogens is 1. The predicted octanol–water partition coefficient (Wildman–Crippen LogP) is 5.35. The molecule has 0 bridgehead atoms. The first-order chi connectivity index (χ1) is 16.3. The third-order valence-electron chi connectivity index (χ3n) is 4.67. The highest BCUT2D eigenvalue weighted by Gasteiger charge is 2.36. The molecule has 11 heteroatoms. The van der Waals surface area contributed by atoms with Gasteiger partial charge in [-0.15, -0.1) is 0 Å². The molecule has 1 fully saturated rings. The SMILES string of the molecule is O=C(CN1C(=O)S/C(=C\c2ccc(Oc3ccc([N+](=O)[O-])cn3)cc2)C1=O)c1ccc(Cl)cc1. The van der Waals surface area contributed by atoms with E-state index in [1.807, 2.05) is 0 Å². The van der Waals surface area contributed by atoms with Gasteiger partial charge in [-0.05, 0) is 59.8 Å². The van der Waals surface area contributed by atoms with E-state index in [-0.39, 0.29) is 28.8 Å². The third kappa shape index (κ3) is 5.30. The number of aromatic nitrogens is 1. The molecule has 9 nitrogen and oxygen atoms in total. The van der Waals surface area contributed by atoms with E-state index in [1.54, 1.807) is 42.5 Å². The van der Waals surface area contributed by atoms with E-state index in [0.717, 1.165) is 22.9 Å². The molecular weight excluding hydrogens is 482 g/mol. The molecule has 4 rings (SSSR count). The van der Waals surface area contributed by atoms with Crippen molar-refractivity contribution in [2.45, 2.75) is 0 Å². The zero-order chi connectivity index (χ0) is 24.2. The molecule has 0 radical (unpaired) electrons. The van der Waals surface area contributed by atoms with Crippen molar-refractivity contribution in [2.24, 2.45) is 0 Å². The molecule has 1 saturated heterocycles. The smallest absolute Gasteiger partial charge is 0.293 e. The Morgan fingerprint density at radius 3 is 2.41 bits per heavy atom. The Hall–Kier alpha value is -4.02. The molecule has 2 heterocycles. The largest absolute Gasteiger partial charge is 0.439 e. The van der Waals surface area contributed by atoms with E-state index in [4.69, 9.17) is 16.3 Å². The number of ether oxygens (including phenoxy) is 1. The molecule has 0 atom stereocenters. The molecule has 0 spiro atoms. The number of Topliss-reactive ketones (excluding diaryl/α,β-unsaturated/α-hetero) is 1. The van der Waals surface area contributed by atoms with Gasteiger partial charge < -0.3 is 4.74 Å². The van der Waals surface area contributed by atoms with Crippen LogP contribution in [-0.4, -0.2) is 38.3 Å². The maximum absolute atomic E-state index is 12.7. The van der Waals surface area contributed by atoms with Crippen molar-refractivity contribution in [3.8, 4) is 11.6 Å². The number of carbonyl (C=O) groups is 3. The number of hydrogen-bond acceptors (Lipinski definition) is 8. The van der Waals surface area contributed by atoms with Crippen LogP contribution in [0.4, 0.5) is 10.5 Å². The lowest BCUT2D eigenvalue weighted by atomic mass is 10.1. The van der Waals surface area contributed by atoms with Crippen LogP contribution >= 0.6 is 23.4 Å². The van der Waals surface area contributed by atoms with Gasteiger partial charge in [-0.1, -0.05) is 23.7 Å². The van der Waals surface area contributed by atoms with E-state index in [1.165, 1.54) is 24.3 Å².